The molecule has 106 valence electrons. The summed E-state index contributed by atoms with van der Waals surface area (Å²) >= 11 is 0. The molecule has 2 N–H and O–H groups in total. The van der Waals surface area contributed by atoms with Gasteiger partial charge in [-0.3, -0.25) is 0 Å². The zero-order chi connectivity index (χ0) is 14.1. The number of aromatic amines is 1. The highest BCUT2D eigenvalue weighted by molar-refractivity contribution is 5.66. The zero-order valence-electron chi connectivity index (χ0n) is 12.6. The summed E-state index contributed by atoms with van der Waals surface area (Å²) in [6.45, 7) is 8.69. The summed E-state index contributed by atoms with van der Waals surface area (Å²) in [6, 6.07) is 6.58. The summed E-state index contributed by atoms with van der Waals surface area (Å²) in [5.74, 6) is 1.86. The van der Waals surface area contributed by atoms with Crippen LogP contribution in [0.25, 0.3) is 11.3 Å². The Bertz CT molecular complexity index is 607. The fourth-order valence-electron chi connectivity index (χ4n) is 3.12. The highest BCUT2D eigenvalue weighted by Crippen LogP contribution is 2.26. The van der Waals surface area contributed by atoms with E-state index in [0.717, 1.165) is 36.9 Å². The topological polar surface area (TPSA) is 40.7 Å². The van der Waals surface area contributed by atoms with E-state index >= 15 is 0 Å². The summed E-state index contributed by atoms with van der Waals surface area (Å²) in [5.41, 5.74) is 6.15. The molecular formula is C17H23N3. The first-order chi connectivity index (χ1) is 9.63. The summed E-state index contributed by atoms with van der Waals surface area (Å²) in [7, 11) is 0. The van der Waals surface area contributed by atoms with Crippen molar-refractivity contribution in [2.75, 3.05) is 13.1 Å². The standard InChI is InChI=1S/C17H23N3/c1-11-4-5-15(12(2)8-11)17-13(3)19-16(20-17)9-14-6-7-18-10-14/h4-5,8,14,18H,6-7,9-10H2,1-3H3,(H,19,20). The maximum absolute atomic E-state index is 4.85. The molecule has 0 amide bonds. The molecule has 3 rings (SSSR count). The van der Waals surface area contributed by atoms with Crippen LogP contribution in [-0.2, 0) is 6.42 Å². The Morgan fingerprint density at radius 1 is 1.25 bits per heavy atom. The van der Waals surface area contributed by atoms with Gasteiger partial charge in [-0.25, -0.2) is 4.98 Å². The molecule has 1 aliphatic rings. The lowest BCUT2D eigenvalue weighted by molar-refractivity contribution is 0.564. The lowest BCUT2D eigenvalue weighted by Gasteiger charge is -2.05. The second-order valence-electron chi connectivity index (χ2n) is 6.04. The SMILES string of the molecule is Cc1ccc(-c2nc(CC3CCNC3)[nH]c2C)c(C)c1. The molecule has 0 saturated carbocycles. The summed E-state index contributed by atoms with van der Waals surface area (Å²) in [4.78, 5) is 8.32. The Morgan fingerprint density at radius 3 is 2.80 bits per heavy atom. The van der Waals surface area contributed by atoms with Crippen LogP contribution in [0.3, 0.4) is 0 Å². The fraction of sp³-hybridized carbons (Fsp3) is 0.471. The molecular weight excluding hydrogens is 246 g/mol. The molecule has 0 bridgehead atoms. The molecule has 1 aliphatic heterocycles. The Labute approximate surface area is 120 Å². The van der Waals surface area contributed by atoms with Gasteiger partial charge in [0.1, 0.15) is 5.82 Å². The average molecular weight is 269 g/mol. The van der Waals surface area contributed by atoms with Gasteiger partial charge in [0.25, 0.3) is 0 Å². The lowest BCUT2D eigenvalue weighted by atomic mass is 10.0. The van der Waals surface area contributed by atoms with Crippen molar-refractivity contribution >= 4 is 0 Å². The average Bonchev–Trinajstić information content (AvgIpc) is 3.00. The summed E-state index contributed by atoms with van der Waals surface area (Å²) in [5, 5.41) is 3.42. The second-order valence-corrected chi connectivity index (χ2v) is 6.04. The molecule has 0 radical (unpaired) electrons. The highest BCUT2D eigenvalue weighted by Gasteiger charge is 2.18. The van der Waals surface area contributed by atoms with Gasteiger partial charge >= 0.3 is 0 Å². The molecule has 20 heavy (non-hydrogen) atoms. The molecule has 1 aromatic carbocycles. The number of hydrogen-bond donors (Lipinski definition) is 2. The first kappa shape index (κ1) is 13.4. The van der Waals surface area contributed by atoms with Gasteiger partial charge in [-0.15, -0.1) is 0 Å². The number of hydrogen-bond acceptors (Lipinski definition) is 2. The number of aromatic nitrogens is 2. The molecule has 1 fully saturated rings. The molecule has 2 heterocycles. The minimum Gasteiger partial charge on any atom is -0.346 e. The number of imidazole rings is 1. The second kappa shape index (κ2) is 5.41. The number of nitrogens with zero attached hydrogens (tertiary/aromatic N) is 1. The van der Waals surface area contributed by atoms with Crippen molar-refractivity contribution in [3.05, 3.63) is 40.8 Å². The number of nitrogens with one attached hydrogen (secondary N) is 2. The smallest absolute Gasteiger partial charge is 0.107 e. The number of H-pyrrole nitrogens is 1. The van der Waals surface area contributed by atoms with Gasteiger partial charge in [-0.1, -0.05) is 23.8 Å². The molecule has 0 spiro atoms. The number of aryl methyl sites for hydroxylation is 3. The highest BCUT2D eigenvalue weighted by atomic mass is 14.9. The van der Waals surface area contributed by atoms with Crippen LogP contribution < -0.4 is 5.32 Å². The Kier molecular flexibility index (Phi) is 3.62. The van der Waals surface area contributed by atoms with E-state index in [1.807, 2.05) is 0 Å². The van der Waals surface area contributed by atoms with Gasteiger partial charge in [0.15, 0.2) is 0 Å². The molecule has 3 nitrogen and oxygen atoms in total. The molecule has 3 heteroatoms. The van der Waals surface area contributed by atoms with E-state index in [4.69, 9.17) is 4.98 Å². The predicted molar refractivity (Wildman–Crippen MR) is 82.9 cm³/mol. The Balaban J connectivity index is 1.88. The third kappa shape index (κ3) is 2.63. The maximum atomic E-state index is 4.85. The van der Waals surface area contributed by atoms with Gasteiger partial charge in [0.2, 0.25) is 0 Å². The summed E-state index contributed by atoms with van der Waals surface area (Å²) < 4.78 is 0. The van der Waals surface area contributed by atoms with Gasteiger partial charge in [0, 0.05) is 17.7 Å². The minimum absolute atomic E-state index is 0.729. The van der Waals surface area contributed by atoms with Crippen LogP contribution in [-0.4, -0.2) is 23.1 Å². The Hall–Kier alpha value is -1.61. The minimum atomic E-state index is 0.729. The monoisotopic (exact) mass is 269 g/mol. The van der Waals surface area contributed by atoms with Gasteiger partial charge in [-0.05, 0) is 51.8 Å². The quantitative estimate of drug-likeness (QED) is 0.898. The van der Waals surface area contributed by atoms with Crippen molar-refractivity contribution in [3.8, 4) is 11.3 Å². The van der Waals surface area contributed by atoms with Crippen LogP contribution in [0.5, 0.6) is 0 Å². The van der Waals surface area contributed by atoms with E-state index in [1.165, 1.54) is 28.8 Å². The van der Waals surface area contributed by atoms with Crippen molar-refractivity contribution in [2.45, 2.75) is 33.6 Å². The van der Waals surface area contributed by atoms with Crippen molar-refractivity contribution < 1.29 is 0 Å². The largest absolute Gasteiger partial charge is 0.346 e. The van der Waals surface area contributed by atoms with E-state index in [2.05, 4.69) is 49.3 Å². The van der Waals surface area contributed by atoms with E-state index in [9.17, 15) is 0 Å². The van der Waals surface area contributed by atoms with Crippen molar-refractivity contribution in [3.63, 3.8) is 0 Å². The van der Waals surface area contributed by atoms with Crippen molar-refractivity contribution in [1.82, 2.24) is 15.3 Å². The Morgan fingerprint density at radius 2 is 2.10 bits per heavy atom. The number of benzene rings is 1. The van der Waals surface area contributed by atoms with Gasteiger partial charge in [0.05, 0.1) is 5.69 Å². The van der Waals surface area contributed by atoms with Crippen molar-refractivity contribution in [2.24, 2.45) is 5.92 Å². The van der Waals surface area contributed by atoms with E-state index in [0.29, 0.717) is 0 Å². The van der Waals surface area contributed by atoms with Crippen LogP contribution in [0.1, 0.15) is 29.1 Å². The molecule has 1 unspecified atom stereocenters. The van der Waals surface area contributed by atoms with E-state index < -0.39 is 0 Å². The third-order valence-corrected chi connectivity index (χ3v) is 4.22. The molecule has 1 atom stereocenters. The van der Waals surface area contributed by atoms with E-state index in [1.54, 1.807) is 0 Å². The van der Waals surface area contributed by atoms with Gasteiger partial charge in [-0.2, -0.15) is 0 Å². The summed E-state index contributed by atoms with van der Waals surface area (Å²) in [6.07, 6.45) is 2.32. The van der Waals surface area contributed by atoms with Crippen LogP contribution >= 0.6 is 0 Å². The maximum Gasteiger partial charge on any atom is 0.107 e. The fourth-order valence-corrected chi connectivity index (χ4v) is 3.12. The van der Waals surface area contributed by atoms with Crippen LogP contribution in [0.4, 0.5) is 0 Å². The van der Waals surface area contributed by atoms with Gasteiger partial charge < -0.3 is 10.3 Å². The predicted octanol–water partition coefficient (Wildman–Crippen LogP) is 3.15. The first-order valence-electron chi connectivity index (χ1n) is 7.47. The normalized spacial score (nSPS) is 18.6. The lowest BCUT2D eigenvalue weighted by Crippen LogP contribution is -2.11. The van der Waals surface area contributed by atoms with Crippen LogP contribution in [0.2, 0.25) is 0 Å². The molecule has 0 aliphatic carbocycles. The molecule has 1 saturated heterocycles. The van der Waals surface area contributed by atoms with Crippen LogP contribution in [0.15, 0.2) is 18.2 Å². The third-order valence-electron chi connectivity index (χ3n) is 4.22. The molecule has 1 aromatic heterocycles. The van der Waals surface area contributed by atoms with E-state index in [-0.39, 0.29) is 0 Å². The van der Waals surface area contributed by atoms with Crippen molar-refractivity contribution in [1.29, 1.82) is 0 Å². The molecule has 2 aromatic rings. The zero-order valence-corrected chi connectivity index (χ0v) is 12.6. The van der Waals surface area contributed by atoms with Crippen LogP contribution in [0, 0.1) is 26.7 Å². The number of rotatable bonds is 3. The first-order valence-corrected chi connectivity index (χ1v) is 7.47.